The van der Waals surface area contributed by atoms with E-state index >= 15 is 0 Å². The monoisotopic (exact) mass is 307 g/mol. The van der Waals surface area contributed by atoms with Crippen LogP contribution in [-0.4, -0.2) is 34.0 Å². The number of amides is 1. The quantitative estimate of drug-likeness (QED) is 0.942. The van der Waals surface area contributed by atoms with E-state index in [2.05, 4.69) is 0 Å². The Hall–Kier alpha value is -2.01. The predicted octanol–water partition coefficient (Wildman–Crippen LogP) is 3.16. The SMILES string of the molecule is CC(C(=O)O)N(C(=O)c1cc2cc(Cl)ccc2o1)C1CC1. The van der Waals surface area contributed by atoms with Crippen LogP contribution < -0.4 is 0 Å². The van der Waals surface area contributed by atoms with Crippen molar-refractivity contribution in [3.05, 3.63) is 35.0 Å². The molecule has 0 aliphatic heterocycles. The molecule has 1 aromatic carbocycles. The molecule has 6 heteroatoms. The van der Waals surface area contributed by atoms with E-state index in [-0.39, 0.29) is 17.7 Å². The predicted molar refractivity (Wildman–Crippen MR) is 77.5 cm³/mol. The lowest BCUT2D eigenvalue weighted by atomic mass is 10.2. The minimum absolute atomic E-state index is 0.0135. The topological polar surface area (TPSA) is 70.8 Å². The molecule has 1 fully saturated rings. The van der Waals surface area contributed by atoms with E-state index in [0.29, 0.717) is 10.6 Å². The fourth-order valence-electron chi connectivity index (χ4n) is 2.38. The van der Waals surface area contributed by atoms with Crippen molar-refractivity contribution in [2.75, 3.05) is 0 Å². The number of fused-ring (bicyclic) bond motifs is 1. The van der Waals surface area contributed by atoms with Crippen LogP contribution in [0.15, 0.2) is 28.7 Å². The lowest BCUT2D eigenvalue weighted by molar-refractivity contribution is -0.141. The number of hydrogen-bond acceptors (Lipinski definition) is 3. The first-order valence-corrected chi connectivity index (χ1v) is 7.09. The van der Waals surface area contributed by atoms with E-state index in [1.54, 1.807) is 24.3 Å². The first kappa shape index (κ1) is 13.9. The summed E-state index contributed by atoms with van der Waals surface area (Å²) < 4.78 is 5.53. The van der Waals surface area contributed by atoms with E-state index in [4.69, 9.17) is 21.1 Å². The lowest BCUT2D eigenvalue weighted by Gasteiger charge is -2.25. The normalized spacial score (nSPS) is 15.9. The van der Waals surface area contributed by atoms with Crippen molar-refractivity contribution >= 4 is 34.4 Å². The van der Waals surface area contributed by atoms with Gasteiger partial charge >= 0.3 is 5.97 Å². The van der Waals surface area contributed by atoms with Gasteiger partial charge in [-0.15, -0.1) is 0 Å². The van der Waals surface area contributed by atoms with E-state index in [0.717, 1.165) is 18.2 Å². The number of furan rings is 1. The van der Waals surface area contributed by atoms with Crippen molar-refractivity contribution < 1.29 is 19.1 Å². The maximum atomic E-state index is 12.6. The van der Waals surface area contributed by atoms with Crippen LogP contribution in [0, 0.1) is 0 Å². The molecule has 1 heterocycles. The van der Waals surface area contributed by atoms with E-state index in [1.807, 2.05) is 0 Å². The minimum Gasteiger partial charge on any atom is -0.480 e. The van der Waals surface area contributed by atoms with Crippen LogP contribution >= 0.6 is 11.6 Å². The molecule has 21 heavy (non-hydrogen) atoms. The Balaban J connectivity index is 1.95. The molecular weight excluding hydrogens is 294 g/mol. The molecule has 5 nitrogen and oxygen atoms in total. The zero-order chi connectivity index (χ0) is 15.1. The van der Waals surface area contributed by atoms with Crippen molar-refractivity contribution in [2.45, 2.75) is 31.8 Å². The van der Waals surface area contributed by atoms with Gasteiger partial charge in [0.05, 0.1) is 0 Å². The standard InChI is InChI=1S/C15H14ClNO4/c1-8(15(19)20)17(11-3-4-11)14(18)13-7-9-6-10(16)2-5-12(9)21-13/h2,5-8,11H,3-4H2,1H3,(H,19,20). The highest BCUT2D eigenvalue weighted by Gasteiger charge is 2.39. The molecule has 1 aliphatic rings. The number of aliphatic carboxylic acids is 1. The number of nitrogens with zero attached hydrogens (tertiary/aromatic N) is 1. The molecular formula is C15H14ClNO4. The van der Waals surface area contributed by atoms with E-state index in [1.165, 1.54) is 11.8 Å². The summed E-state index contributed by atoms with van der Waals surface area (Å²) in [7, 11) is 0. The van der Waals surface area contributed by atoms with Gasteiger partial charge in [0.25, 0.3) is 5.91 Å². The number of carboxylic acid groups (broad SMARTS) is 1. The molecule has 3 rings (SSSR count). The fraction of sp³-hybridized carbons (Fsp3) is 0.333. The molecule has 110 valence electrons. The van der Waals surface area contributed by atoms with Crippen LogP contribution in [0.25, 0.3) is 11.0 Å². The molecule has 1 aromatic heterocycles. The van der Waals surface area contributed by atoms with Crippen molar-refractivity contribution in [1.29, 1.82) is 0 Å². The molecule has 1 unspecified atom stereocenters. The smallest absolute Gasteiger partial charge is 0.326 e. The minimum atomic E-state index is -1.02. The number of rotatable bonds is 4. The highest BCUT2D eigenvalue weighted by Crippen LogP contribution is 2.32. The van der Waals surface area contributed by atoms with Gasteiger partial charge in [0.2, 0.25) is 0 Å². The Morgan fingerprint density at radius 3 is 2.71 bits per heavy atom. The molecule has 0 radical (unpaired) electrons. The van der Waals surface area contributed by atoms with Crippen molar-refractivity contribution in [1.82, 2.24) is 4.90 Å². The molecule has 1 saturated carbocycles. The molecule has 1 atom stereocenters. The summed E-state index contributed by atoms with van der Waals surface area (Å²) in [5, 5.41) is 10.4. The highest BCUT2D eigenvalue weighted by atomic mass is 35.5. The second kappa shape index (κ2) is 5.07. The Kier molecular flexibility index (Phi) is 3.37. The van der Waals surface area contributed by atoms with Crippen LogP contribution in [0.4, 0.5) is 0 Å². The largest absolute Gasteiger partial charge is 0.480 e. The third kappa shape index (κ3) is 2.61. The summed E-state index contributed by atoms with van der Waals surface area (Å²) >= 11 is 5.91. The second-order valence-electron chi connectivity index (χ2n) is 5.25. The van der Waals surface area contributed by atoms with Gasteiger partial charge < -0.3 is 14.4 Å². The lowest BCUT2D eigenvalue weighted by Crippen LogP contribution is -2.44. The summed E-state index contributed by atoms with van der Waals surface area (Å²) in [6.45, 7) is 1.51. The maximum Gasteiger partial charge on any atom is 0.326 e. The van der Waals surface area contributed by atoms with Crippen molar-refractivity contribution in [3.63, 3.8) is 0 Å². The van der Waals surface area contributed by atoms with Gasteiger partial charge in [-0.25, -0.2) is 4.79 Å². The van der Waals surface area contributed by atoms with E-state index < -0.39 is 12.0 Å². The third-order valence-electron chi connectivity index (χ3n) is 3.64. The zero-order valence-electron chi connectivity index (χ0n) is 11.4. The molecule has 0 spiro atoms. The Bertz CT molecular complexity index is 720. The number of carbonyl (C=O) groups excluding carboxylic acids is 1. The first-order chi connectivity index (χ1) is 9.97. The molecule has 0 bridgehead atoms. The van der Waals surface area contributed by atoms with Crippen LogP contribution in [0.5, 0.6) is 0 Å². The fourth-order valence-corrected chi connectivity index (χ4v) is 2.56. The van der Waals surface area contributed by atoms with Crippen molar-refractivity contribution in [3.8, 4) is 0 Å². The van der Waals surface area contributed by atoms with Crippen LogP contribution in [0.2, 0.25) is 5.02 Å². The maximum absolute atomic E-state index is 12.6. The number of carboxylic acids is 1. The molecule has 0 saturated heterocycles. The summed E-state index contributed by atoms with van der Waals surface area (Å²) in [6, 6.07) is 5.80. The Morgan fingerprint density at radius 2 is 2.10 bits per heavy atom. The third-order valence-corrected chi connectivity index (χ3v) is 3.87. The van der Waals surface area contributed by atoms with Gasteiger partial charge in [-0.1, -0.05) is 11.6 Å². The van der Waals surface area contributed by atoms with Gasteiger partial charge in [-0.05, 0) is 44.0 Å². The van der Waals surface area contributed by atoms with E-state index in [9.17, 15) is 9.59 Å². The summed E-state index contributed by atoms with van der Waals surface area (Å²) in [6.07, 6.45) is 1.66. The van der Waals surface area contributed by atoms with Crippen LogP contribution in [0.3, 0.4) is 0 Å². The number of halogens is 1. The van der Waals surface area contributed by atoms with Gasteiger partial charge in [-0.2, -0.15) is 0 Å². The van der Waals surface area contributed by atoms with Gasteiger partial charge in [-0.3, -0.25) is 4.79 Å². The van der Waals surface area contributed by atoms with Gasteiger partial charge in [0.1, 0.15) is 11.6 Å². The van der Waals surface area contributed by atoms with Crippen LogP contribution in [0.1, 0.15) is 30.3 Å². The van der Waals surface area contributed by atoms with Gasteiger partial charge in [0.15, 0.2) is 5.76 Å². The second-order valence-corrected chi connectivity index (χ2v) is 5.69. The summed E-state index contributed by atoms with van der Waals surface area (Å²) in [5.74, 6) is -1.26. The summed E-state index contributed by atoms with van der Waals surface area (Å²) in [4.78, 5) is 25.1. The zero-order valence-corrected chi connectivity index (χ0v) is 12.1. The Morgan fingerprint density at radius 1 is 1.38 bits per heavy atom. The van der Waals surface area contributed by atoms with Crippen LogP contribution in [-0.2, 0) is 4.79 Å². The average molecular weight is 308 g/mol. The molecule has 1 aliphatic carbocycles. The number of benzene rings is 1. The Labute approximate surface area is 126 Å². The molecule has 2 aromatic rings. The van der Waals surface area contributed by atoms with Crippen molar-refractivity contribution in [2.24, 2.45) is 0 Å². The van der Waals surface area contributed by atoms with Gasteiger partial charge in [0, 0.05) is 16.5 Å². The average Bonchev–Trinajstić information content (AvgIpc) is 3.17. The summed E-state index contributed by atoms with van der Waals surface area (Å²) in [5.41, 5.74) is 0.557. The molecule has 1 amide bonds. The number of hydrogen-bond donors (Lipinski definition) is 1. The molecule has 1 N–H and O–H groups in total. The highest BCUT2D eigenvalue weighted by molar-refractivity contribution is 6.31. The first-order valence-electron chi connectivity index (χ1n) is 6.72. The number of carbonyl (C=O) groups is 2.